The molecule has 1 fully saturated rings. The number of carbonyl (C=O) groups excluding carboxylic acids is 1. The van der Waals surface area contributed by atoms with E-state index in [0.717, 1.165) is 24.1 Å². The quantitative estimate of drug-likeness (QED) is 0.693. The van der Waals surface area contributed by atoms with Crippen LogP contribution in [0.2, 0.25) is 0 Å². The largest absolute Gasteiger partial charge is 0.415 e. The molecule has 8 heteroatoms. The van der Waals surface area contributed by atoms with E-state index in [1.807, 2.05) is 6.92 Å². The van der Waals surface area contributed by atoms with Crippen LogP contribution < -0.4 is 4.74 Å². The van der Waals surface area contributed by atoms with Crippen LogP contribution in [0.4, 0.5) is 9.18 Å². The van der Waals surface area contributed by atoms with Gasteiger partial charge in [-0.15, -0.1) is 0 Å². The molecule has 0 unspecified atom stereocenters. The predicted octanol–water partition coefficient (Wildman–Crippen LogP) is 3.62. The van der Waals surface area contributed by atoms with Crippen molar-refractivity contribution >= 4 is 6.09 Å². The van der Waals surface area contributed by atoms with Gasteiger partial charge in [0, 0.05) is 24.3 Å². The third-order valence-corrected chi connectivity index (χ3v) is 4.79. The van der Waals surface area contributed by atoms with E-state index in [-0.39, 0.29) is 18.0 Å². The van der Waals surface area contributed by atoms with Gasteiger partial charge in [0.2, 0.25) is 0 Å². The van der Waals surface area contributed by atoms with E-state index in [1.54, 1.807) is 46.4 Å². The third kappa shape index (κ3) is 4.00. The number of pyridine rings is 1. The van der Waals surface area contributed by atoms with Crippen molar-refractivity contribution in [1.82, 2.24) is 24.9 Å². The van der Waals surface area contributed by atoms with Gasteiger partial charge in [-0.1, -0.05) is 0 Å². The average Bonchev–Trinajstić information content (AvgIpc) is 3.20. The normalized spacial score (nSPS) is 14.9. The van der Waals surface area contributed by atoms with Crippen LogP contribution in [0.25, 0.3) is 11.3 Å². The van der Waals surface area contributed by atoms with Crippen LogP contribution in [-0.2, 0) is 0 Å². The van der Waals surface area contributed by atoms with E-state index in [9.17, 15) is 9.18 Å². The topological polar surface area (TPSA) is 73.1 Å². The Morgan fingerprint density at radius 3 is 2.54 bits per heavy atom. The predicted molar refractivity (Wildman–Crippen MR) is 100 cm³/mol. The molecule has 3 heterocycles. The highest BCUT2D eigenvalue weighted by Gasteiger charge is 2.26. The molecule has 0 radical (unpaired) electrons. The summed E-state index contributed by atoms with van der Waals surface area (Å²) >= 11 is 0. The summed E-state index contributed by atoms with van der Waals surface area (Å²) in [6.45, 7) is 3.01. The van der Waals surface area contributed by atoms with Gasteiger partial charge in [0.1, 0.15) is 11.5 Å². The van der Waals surface area contributed by atoms with E-state index in [1.165, 1.54) is 12.1 Å². The van der Waals surface area contributed by atoms with Crippen molar-refractivity contribution in [2.24, 2.45) is 0 Å². The molecular formula is C20H20FN5O2. The standard InChI is InChI=1S/C20H20FN5O2/c1-14-2-7-18(12-22-14)28-20(27)25-10-8-17(9-11-25)26-23-13-19(24-26)15-3-5-16(21)6-4-15/h2-7,12-13,17H,8-11H2,1H3. The van der Waals surface area contributed by atoms with E-state index >= 15 is 0 Å². The first-order chi connectivity index (χ1) is 13.6. The van der Waals surface area contributed by atoms with Crippen molar-refractivity contribution in [3.8, 4) is 17.0 Å². The molecule has 3 aromatic rings. The molecular weight excluding hydrogens is 361 g/mol. The van der Waals surface area contributed by atoms with Crippen molar-refractivity contribution < 1.29 is 13.9 Å². The maximum Gasteiger partial charge on any atom is 0.415 e. The first kappa shape index (κ1) is 18.1. The zero-order valence-corrected chi connectivity index (χ0v) is 15.5. The highest BCUT2D eigenvalue weighted by molar-refractivity contribution is 5.70. The molecule has 1 aromatic carbocycles. The molecule has 2 aromatic heterocycles. The van der Waals surface area contributed by atoms with Gasteiger partial charge in [-0.05, 0) is 56.2 Å². The van der Waals surface area contributed by atoms with Crippen molar-refractivity contribution in [1.29, 1.82) is 0 Å². The third-order valence-electron chi connectivity index (χ3n) is 4.79. The summed E-state index contributed by atoms with van der Waals surface area (Å²) in [5.41, 5.74) is 2.39. The number of carbonyl (C=O) groups is 1. The number of hydrogen-bond donors (Lipinski definition) is 0. The Bertz CT molecular complexity index is 947. The Morgan fingerprint density at radius 2 is 1.86 bits per heavy atom. The molecule has 1 saturated heterocycles. The van der Waals surface area contributed by atoms with Gasteiger partial charge in [0.25, 0.3) is 0 Å². The van der Waals surface area contributed by atoms with Crippen molar-refractivity contribution in [3.63, 3.8) is 0 Å². The van der Waals surface area contributed by atoms with Crippen LogP contribution in [0.5, 0.6) is 5.75 Å². The van der Waals surface area contributed by atoms with Crippen LogP contribution in [0.15, 0.2) is 48.8 Å². The fraction of sp³-hybridized carbons (Fsp3) is 0.300. The molecule has 0 spiro atoms. The number of piperidine rings is 1. The molecule has 4 rings (SSSR count). The van der Waals surface area contributed by atoms with Crippen LogP contribution in [0.3, 0.4) is 0 Å². The lowest BCUT2D eigenvalue weighted by Crippen LogP contribution is -2.41. The van der Waals surface area contributed by atoms with Gasteiger partial charge in [-0.3, -0.25) is 4.98 Å². The smallest absolute Gasteiger partial charge is 0.409 e. The minimum atomic E-state index is -0.371. The van der Waals surface area contributed by atoms with Crippen LogP contribution in [0, 0.1) is 12.7 Å². The summed E-state index contributed by atoms with van der Waals surface area (Å²) in [5.74, 6) is 0.159. The first-order valence-corrected chi connectivity index (χ1v) is 9.16. The number of ether oxygens (including phenoxy) is 1. The van der Waals surface area contributed by atoms with Gasteiger partial charge in [0.05, 0.1) is 18.4 Å². The maximum atomic E-state index is 13.1. The molecule has 0 aliphatic carbocycles. The highest BCUT2D eigenvalue weighted by atomic mass is 19.1. The number of hydrogen-bond acceptors (Lipinski definition) is 5. The molecule has 7 nitrogen and oxygen atoms in total. The second kappa shape index (κ2) is 7.75. The Kier molecular flexibility index (Phi) is 5.01. The number of benzene rings is 1. The molecule has 0 bridgehead atoms. The monoisotopic (exact) mass is 381 g/mol. The molecule has 144 valence electrons. The lowest BCUT2D eigenvalue weighted by atomic mass is 10.1. The summed E-state index contributed by atoms with van der Waals surface area (Å²) in [5, 5.41) is 8.87. The van der Waals surface area contributed by atoms with Gasteiger partial charge < -0.3 is 9.64 Å². The maximum absolute atomic E-state index is 13.1. The Balaban J connectivity index is 1.34. The van der Waals surface area contributed by atoms with Gasteiger partial charge in [0.15, 0.2) is 5.75 Å². The molecule has 0 saturated carbocycles. The number of likely N-dealkylation sites (tertiary alicyclic amines) is 1. The summed E-state index contributed by atoms with van der Waals surface area (Å²) in [6, 6.07) is 9.82. The highest BCUT2D eigenvalue weighted by Crippen LogP contribution is 2.24. The molecule has 28 heavy (non-hydrogen) atoms. The minimum absolute atomic E-state index is 0.110. The number of aromatic nitrogens is 4. The number of nitrogens with zero attached hydrogens (tertiary/aromatic N) is 5. The van der Waals surface area contributed by atoms with E-state index in [0.29, 0.717) is 24.5 Å². The molecule has 1 aliphatic rings. The minimum Gasteiger partial charge on any atom is -0.409 e. The van der Waals surface area contributed by atoms with Crippen LogP contribution in [0.1, 0.15) is 24.6 Å². The van der Waals surface area contributed by atoms with Crippen molar-refractivity contribution in [2.75, 3.05) is 13.1 Å². The first-order valence-electron chi connectivity index (χ1n) is 9.16. The van der Waals surface area contributed by atoms with E-state index in [2.05, 4.69) is 15.2 Å². The zero-order chi connectivity index (χ0) is 19.5. The number of aryl methyl sites for hydroxylation is 1. The fourth-order valence-corrected chi connectivity index (χ4v) is 3.16. The molecule has 0 N–H and O–H groups in total. The summed E-state index contributed by atoms with van der Waals surface area (Å²) in [7, 11) is 0. The molecule has 0 atom stereocenters. The summed E-state index contributed by atoms with van der Waals surface area (Å²) < 4.78 is 18.4. The van der Waals surface area contributed by atoms with Crippen LogP contribution in [-0.4, -0.2) is 44.1 Å². The Morgan fingerprint density at radius 1 is 1.11 bits per heavy atom. The van der Waals surface area contributed by atoms with Gasteiger partial charge in [-0.2, -0.15) is 15.0 Å². The molecule has 1 amide bonds. The van der Waals surface area contributed by atoms with Gasteiger partial charge >= 0.3 is 6.09 Å². The van der Waals surface area contributed by atoms with Crippen molar-refractivity contribution in [3.05, 3.63) is 60.3 Å². The molecule has 1 aliphatic heterocycles. The zero-order valence-electron chi connectivity index (χ0n) is 15.5. The van der Waals surface area contributed by atoms with E-state index < -0.39 is 0 Å². The number of amides is 1. The van der Waals surface area contributed by atoms with E-state index in [4.69, 9.17) is 4.74 Å². The average molecular weight is 381 g/mol. The van der Waals surface area contributed by atoms with Gasteiger partial charge in [-0.25, -0.2) is 9.18 Å². The lowest BCUT2D eigenvalue weighted by Gasteiger charge is -2.30. The second-order valence-electron chi connectivity index (χ2n) is 6.78. The van der Waals surface area contributed by atoms with Crippen molar-refractivity contribution in [2.45, 2.75) is 25.8 Å². The lowest BCUT2D eigenvalue weighted by molar-refractivity contribution is 0.127. The fourth-order valence-electron chi connectivity index (χ4n) is 3.16. The number of rotatable bonds is 3. The van der Waals surface area contributed by atoms with Crippen LogP contribution >= 0.6 is 0 Å². The SMILES string of the molecule is Cc1ccc(OC(=O)N2CCC(n3ncc(-c4ccc(F)cc4)n3)CC2)cn1. The number of halogens is 1. The summed E-state index contributed by atoms with van der Waals surface area (Å²) in [4.78, 5) is 19.8. The summed E-state index contributed by atoms with van der Waals surface area (Å²) in [6.07, 6.45) is 4.32. The second-order valence-corrected chi connectivity index (χ2v) is 6.78. The Labute approximate surface area is 161 Å². The Hall–Kier alpha value is -3.29.